The SMILES string of the molecule is N#Cc1ccc(-n2c(-c3ccc(C(F)(F)F)cc3)nc3c4cccnc4c4ncccc4c32)cc1. The van der Waals surface area contributed by atoms with Crippen molar-refractivity contribution in [2.45, 2.75) is 6.18 Å². The molecule has 6 aromatic rings. The van der Waals surface area contributed by atoms with Crippen LogP contribution in [0.2, 0.25) is 0 Å². The monoisotopic (exact) mass is 465 g/mol. The van der Waals surface area contributed by atoms with Gasteiger partial charge in [-0.2, -0.15) is 18.4 Å². The van der Waals surface area contributed by atoms with Crippen LogP contribution in [0.25, 0.3) is 49.9 Å². The van der Waals surface area contributed by atoms with Crippen molar-refractivity contribution in [2.24, 2.45) is 0 Å². The lowest BCUT2D eigenvalue weighted by molar-refractivity contribution is -0.137. The molecule has 0 unspecified atom stereocenters. The fourth-order valence-corrected chi connectivity index (χ4v) is 4.36. The van der Waals surface area contributed by atoms with E-state index in [0.29, 0.717) is 33.5 Å². The number of alkyl halides is 3. The summed E-state index contributed by atoms with van der Waals surface area (Å²) in [6.07, 6.45) is -1.05. The molecule has 8 heteroatoms. The summed E-state index contributed by atoms with van der Waals surface area (Å²) in [7, 11) is 0. The second kappa shape index (κ2) is 7.64. The molecule has 0 bridgehead atoms. The number of pyridine rings is 2. The first-order chi connectivity index (χ1) is 17.0. The van der Waals surface area contributed by atoms with Gasteiger partial charge in [0.05, 0.1) is 39.3 Å². The molecule has 0 saturated carbocycles. The zero-order chi connectivity index (χ0) is 24.2. The number of fused-ring (bicyclic) bond motifs is 6. The standard InChI is InChI=1S/C27H14F3N5/c28-27(29,30)18-9-7-17(8-10-18)26-34-24-20-3-1-13-32-22(20)23-21(4-2-14-33-23)25(24)35(26)19-11-5-16(15-31)6-12-19/h1-14H. The van der Waals surface area contributed by atoms with Gasteiger partial charge in [0, 0.05) is 34.4 Å². The summed E-state index contributed by atoms with van der Waals surface area (Å²) in [5.74, 6) is 0.472. The predicted octanol–water partition coefficient (Wildman–Crippen LogP) is 6.68. The van der Waals surface area contributed by atoms with Crippen molar-refractivity contribution in [1.29, 1.82) is 5.26 Å². The van der Waals surface area contributed by atoms with Crippen LogP contribution in [0.4, 0.5) is 13.2 Å². The highest BCUT2D eigenvalue weighted by atomic mass is 19.4. The highest BCUT2D eigenvalue weighted by molar-refractivity contribution is 6.21. The van der Waals surface area contributed by atoms with E-state index in [1.807, 2.05) is 28.8 Å². The minimum Gasteiger partial charge on any atom is -0.292 e. The Labute approximate surface area is 196 Å². The van der Waals surface area contributed by atoms with E-state index in [4.69, 9.17) is 4.98 Å². The van der Waals surface area contributed by atoms with Gasteiger partial charge in [0.1, 0.15) is 5.82 Å². The van der Waals surface area contributed by atoms with Gasteiger partial charge in [0.15, 0.2) is 0 Å². The molecule has 0 saturated heterocycles. The molecular weight excluding hydrogens is 451 g/mol. The molecule has 0 N–H and O–H groups in total. The van der Waals surface area contributed by atoms with Gasteiger partial charge >= 0.3 is 6.18 Å². The summed E-state index contributed by atoms with van der Waals surface area (Å²) in [5.41, 5.74) is 3.81. The maximum Gasteiger partial charge on any atom is 0.416 e. The molecule has 0 aliphatic heterocycles. The molecule has 3 heterocycles. The van der Waals surface area contributed by atoms with Gasteiger partial charge in [-0.05, 0) is 60.7 Å². The molecular formula is C27H14F3N5. The quantitative estimate of drug-likeness (QED) is 0.268. The number of halogens is 3. The third kappa shape index (κ3) is 3.28. The summed E-state index contributed by atoms with van der Waals surface area (Å²) in [4.78, 5) is 14.0. The molecule has 0 aliphatic rings. The number of nitrogens with zero attached hydrogens (tertiary/aromatic N) is 5. The third-order valence-electron chi connectivity index (χ3n) is 5.95. The van der Waals surface area contributed by atoms with Crippen LogP contribution in [0.15, 0.2) is 85.2 Å². The number of imidazole rings is 1. The molecule has 0 aliphatic carbocycles. The second-order valence-electron chi connectivity index (χ2n) is 8.00. The van der Waals surface area contributed by atoms with Crippen LogP contribution in [0.3, 0.4) is 0 Å². The first-order valence-corrected chi connectivity index (χ1v) is 10.7. The lowest BCUT2D eigenvalue weighted by atomic mass is 10.1. The summed E-state index contributed by atoms with van der Waals surface area (Å²) < 4.78 is 41.5. The van der Waals surface area contributed by atoms with E-state index in [1.54, 1.807) is 36.7 Å². The van der Waals surface area contributed by atoms with Crippen LogP contribution in [0.1, 0.15) is 11.1 Å². The smallest absolute Gasteiger partial charge is 0.292 e. The van der Waals surface area contributed by atoms with Crippen molar-refractivity contribution in [2.75, 3.05) is 0 Å². The van der Waals surface area contributed by atoms with Crippen LogP contribution in [0, 0.1) is 11.3 Å². The number of benzene rings is 3. The van der Waals surface area contributed by atoms with Crippen LogP contribution < -0.4 is 0 Å². The Morgan fingerprint density at radius 1 is 0.743 bits per heavy atom. The molecule has 0 amide bonds. The topological polar surface area (TPSA) is 67.4 Å². The van der Waals surface area contributed by atoms with Crippen LogP contribution in [0.5, 0.6) is 0 Å². The molecule has 0 radical (unpaired) electrons. The highest BCUT2D eigenvalue weighted by Crippen LogP contribution is 2.38. The Morgan fingerprint density at radius 2 is 1.37 bits per heavy atom. The van der Waals surface area contributed by atoms with Gasteiger partial charge in [0.2, 0.25) is 0 Å². The zero-order valence-corrected chi connectivity index (χ0v) is 18.0. The molecule has 5 nitrogen and oxygen atoms in total. The maximum atomic E-state index is 13.2. The second-order valence-corrected chi connectivity index (χ2v) is 8.00. The van der Waals surface area contributed by atoms with Crippen LogP contribution in [-0.4, -0.2) is 19.5 Å². The summed E-state index contributed by atoms with van der Waals surface area (Å²) in [6, 6.07) is 21.5. The van der Waals surface area contributed by atoms with E-state index in [0.717, 1.165) is 34.1 Å². The van der Waals surface area contributed by atoms with Gasteiger partial charge < -0.3 is 0 Å². The van der Waals surface area contributed by atoms with E-state index in [2.05, 4.69) is 16.0 Å². The van der Waals surface area contributed by atoms with E-state index in [1.165, 1.54) is 12.1 Å². The molecule has 0 atom stereocenters. The minimum absolute atomic E-state index is 0.472. The fraction of sp³-hybridized carbons (Fsp3) is 0.0370. The molecule has 3 aromatic heterocycles. The lowest BCUT2D eigenvalue weighted by Crippen LogP contribution is -2.04. The largest absolute Gasteiger partial charge is 0.416 e. The summed E-state index contributed by atoms with van der Waals surface area (Å²) in [6.45, 7) is 0. The van der Waals surface area contributed by atoms with Crippen LogP contribution in [-0.2, 0) is 6.18 Å². The first kappa shape index (κ1) is 20.8. The van der Waals surface area contributed by atoms with E-state index < -0.39 is 11.7 Å². The molecule has 3 aromatic carbocycles. The van der Waals surface area contributed by atoms with E-state index in [9.17, 15) is 18.4 Å². The number of hydrogen-bond donors (Lipinski definition) is 0. The van der Waals surface area contributed by atoms with Gasteiger partial charge in [0.25, 0.3) is 0 Å². The zero-order valence-electron chi connectivity index (χ0n) is 18.0. The average molecular weight is 465 g/mol. The Balaban J connectivity index is 1.75. The average Bonchev–Trinajstić information content (AvgIpc) is 3.30. The van der Waals surface area contributed by atoms with Gasteiger partial charge in [-0.25, -0.2) is 4.98 Å². The van der Waals surface area contributed by atoms with Crippen molar-refractivity contribution >= 4 is 32.8 Å². The Kier molecular flexibility index (Phi) is 4.54. The number of rotatable bonds is 2. The lowest BCUT2D eigenvalue weighted by Gasteiger charge is -2.12. The Hall–Kier alpha value is -4.77. The van der Waals surface area contributed by atoms with Gasteiger partial charge in [-0.15, -0.1) is 0 Å². The van der Waals surface area contributed by atoms with Crippen molar-refractivity contribution in [3.63, 3.8) is 0 Å². The van der Waals surface area contributed by atoms with E-state index in [-0.39, 0.29) is 0 Å². The Morgan fingerprint density at radius 3 is 2.00 bits per heavy atom. The van der Waals surface area contributed by atoms with Crippen molar-refractivity contribution < 1.29 is 13.2 Å². The normalized spacial score (nSPS) is 11.8. The van der Waals surface area contributed by atoms with Gasteiger partial charge in [-0.3, -0.25) is 14.5 Å². The van der Waals surface area contributed by atoms with E-state index >= 15 is 0 Å². The molecule has 35 heavy (non-hydrogen) atoms. The maximum absolute atomic E-state index is 13.2. The van der Waals surface area contributed by atoms with Gasteiger partial charge in [-0.1, -0.05) is 12.1 Å². The Bertz CT molecular complexity index is 1780. The minimum atomic E-state index is -4.43. The van der Waals surface area contributed by atoms with Crippen molar-refractivity contribution in [1.82, 2.24) is 19.5 Å². The molecule has 6 rings (SSSR count). The third-order valence-corrected chi connectivity index (χ3v) is 5.95. The van der Waals surface area contributed by atoms with Crippen molar-refractivity contribution in [3.8, 4) is 23.1 Å². The first-order valence-electron chi connectivity index (χ1n) is 10.7. The summed E-state index contributed by atoms with van der Waals surface area (Å²) >= 11 is 0. The van der Waals surface area contributed by atoms with Crippen LogP contribution >= 0.6 is 0 Å². The number of nitriles is 1. The highest BCUT2D eigenvalue weighted by Gasteiger charge is 2.30. The predicted molar refractivity (Wildman–Crippen MR) is 127 cm³/mol. The molecule has 0 fully saturated rings. The molecule has 0 spiro atoms. The number of aromatic nitrogens is 4. The molecule has 168 valence electrons. The summed E-state index contributed by atoms with van der Waals surface area (Å²) in [5, 5.41) is 10.8. The fourth-order valence-electron chi connectivity index (χ4n) is 4.36. The number of hydrogen-bond acceptors (Lipinski definition) is 4. The van der Waals surface area contributed by atoms with Crippen molar-refractivity contribution in [3.05, 3.63) is 96.3 Å².